The fourth-order valence-electron chi connectivity index (χ4n) is 3.65. The minimum Gasteiger partial charge on any atom is -0.369 e. The number of aromatic nitrogens is 3. The van der Waals surface area contributed by atoms with E-state index in [-0.39, 0.29) is 23.7 Å². The molecule has 0 spiro atoms. The van der Waals surface area contributed by atoms with Crippen LogP contribution >= 0.6 is 0 Å². The monoisotopic (exact) mass is 355 g/mol. The van der Waals surface area contributed by atoms with Crippen LogP contribution in [-0.4, -0.2) is 44.6 Å². The molecule has 1 aliphatic heterocycles. The molecule has 2 aromatic rings. The Labute approximate surface area is 153 Å². The Morgan fingerprint density at radius 2 is 2.00 bits per heavy atom. The largest absolute Gasteiger partial charge is 0.369 e. The van der Waals surface area contributed by atoms with Crippen LogP contribution in [-0.2, 0) is 23.1 Å². The topological polar surface area (TPSA) is 94.1 Å². The number of pyridine rings is 1. The van der Waals surface area contributed by atoms with Gasteiger partial charge in [0.25, 0.3) is 0 Å². The van der Waals surface area contributed by atoms with Gasteiger partial charge < -0.3 is 10.6 Å². The number of amides is 2. The first kappa shape index (κ1) is 18.1. The van der Waals surface area contributed by atoms with Gasteiger partial charge in [0.05, 0.1) is 12.1 Å². The molecule has 1 fully saturated rings. The van der Waals surface area contributed by atoms with Gasteiger partial charge in [-0.05, 0) is 37.0 Å². The number of aryl methyl sites for hydroxylation is 3. The maximum absolute atomic E-state index is 12.7. The SMILES string of the molecule is Cc1cncc(CCC(=O)N2C[C@H](C(N)=O)[C@@H](c3cnn(C)c3C)C2)c1. The summed E-state index contributed by atoms with van der Waals surface area (Å²) in [6, 6.07) is 2.04. The van der Waals surface area contributed by atoms with Gasteiger partial charge in [0.2, 0.25) is 11.8 Å². The molecule has 2 atom stereocenters. The zero-order valence-corrected chi connectivity index (χ0v) is 15.5. The number of likely N-dealkylation sites (tertiary alicyclic amines) is 1. The minimum atomic E-state index is -0.373. The van der Waals surface area contributed by atoms with Gasteiger partial charge in [-0.25, -0.2) is 0 Å². The summed E-state index contributed by atoms with van der Waals surface area (Å²) in [6.07, 6.45) is 6.40. The predicted octanol–water partition coefficient (Wildman–Crippen LogP) is 1.09. The van der Waals surface area contributed by atoms with E-state index in [1.54, 1.807) is 28.2 Å². The van der Waals surface area contributed by atoms with Crippen LogP contribution in [0.1, 0.15) is 34.7 Å². The van der Waals surface area contributed by atoms with Crippen LogP contribution in [0.2, 0.25) is 0 Å². The number of carbonyl (C=O) groups is 2. The number of nitrogens with zero attached hydrogens (tertiary/aromatic N) is 4. The molecule has 0 aromatic carbocycles. The van der Waals surface area contributed by atoms with E-state index in [0.717, 1.165) is 22.4 Å². The molecular weight excluding hydrogens is 330 g/mol. The van der Waals surface area contributed by atoms with Gasteiger partial charge in [-0.15, -0.1) is 0 Å². The van der Waals surface area contributed by atoms with E-state index in [1.807, 2.05) is 27.0 Å². The van der Waals surface area contributed by atoms with Gasteiger partial charge in [-0.2, -0.15) is 5.10 Å². The lowest BCUT2D eigenvalue weighted by atomic mass is 9.89. The summed E-state index contributed by atoms with van der Waals surface area (Å²) >= 11 is 0. The van der Waals surface area contributed by atoms with Crippen LogP contribution in [0.3, 0.4) is 0 Å². The highest BCUT2D eigenvalue weighted by Gasteiger charge is 2.40. The van der Waals surface area contributed by atoms with Crippen molar-refractivity contribution in [3.05, 3.63) is 47.0 Å². The second-order valence-electron chi connectivity index (χ2n) is 7.09. The van der Waals surface area contributed by atoms with Crippen LogP contribution in [0.15, 0.2) is 24.7 Å². The summed E-state index contributed by atoms with van der Waals surface area (Å²) in [6.45, 7) is 4.83. The minimum absolute atomic E-state index is 0.0433. The number of hydrogen-bond donors (Lipinski definition) is 1. The standard InChI is InChI=1S/C19H25N5O2/c1-12-6-14(8-21-7-12)4-5-18(25)24-10-16(17(11-24)19(20)26)15-9-22-23(3)13(15)2/h6-9,16-17H,4-5,10-11H2,1-3H3,(H2,20,26)/t16-,17+/m1/s1. The van der Waals surface area contributed by atoms with Crippen molar-refractivity contribution in [1.29, 1.82) is 0 Å². The lowest BCUT2D eigenvalue weighted by Gasteiger charge is -2.16. The molecule has 0 saturated carbocycles. The number of carbonyl (C=O) groups excluding carboxylic acids is 2. The van der Waals surface area contributed by atoms with E-state index >= 15 is 0 Å². The van der Waals surface area contributed by atoms with Crippen molar-refractivity contribution in [2.24, 2.45) is 18.7 Å². The number of primary amides is 1. The fourth-order valence-corrected chi connectivity index (χ4v) is 3.65. The average molecular weight is 355 g/mol. The first-order chi connectivity index (χ1) is 12.4. The van der Waals surface area contributed by atoms with Gasteiger partial charge in [0.15, 0.2) is 0 Å². The molecule has 3 rings (SSSR count). The maximum atomic E-state index is 12.7. The van der Waals surface area contributed by atoms with Gasteiger partial charge in [0.1, 0.15) is 0 Å². The molecule has 1 aliphatic rings. The third kappa shape index (κ3) is 3.61. The van der Waals surface area contributed by atoms with Crippen LogP contribution in [0.4, 0.5) is 0 Å². The van der Waals surface area contributed by atoms with Crippen LogP contribution in [0.25, 0.3) is 0 Å². The van der Waals surface area contributed by atoms with Crippen molar-refractivity contribution < 1.29 is 9.59 Å². The highest BCUT2D eigenvalue weighted by atomic mass is 16.2. The van der Waals surface area contributed by atoms with Gasteiger partial charge in [-0.3, -0.25) is 19.3 Å². The second kappa shape index (κ2) is 7.27. The Hall–Kier alpha value is -2.70. The van der Waals surface area contributed by atoms with E-state index in [0.29, 0.717) is 25.9 Å². The summed E-state index contributed by atoms with van der Waals surface area (Å²) < 4.78 is 1.78. The van der Waals surface area contributed by atoms with Crippen LogP contribution < -0.4 is 5.73 Å². The summed E-state index contributed by atoms with van der Waals surface area (Å²) in [5, 5.41) is 4.26. The zero-order chi connectivity index (χ0) is 18.8. The van der Waals surface area contributed by atoms with Crippen molar-refractivity contribution in [1.82, 2.24) is 19.7 Å². The van der Waals surface area contributed by atoms with Crippen molar-refractivity contribution in [2.45, 2.75) is 32.6 Å². The van der Waals surface area contributed by atoms with E-state index < -0.39 is 0 Å². The zero-order valence-electron chi connectivity index (χ0n) is 15.5. The van der Waals surface area contributed by atoms with Gasteiger partial charge in [0, 0.05) is 50.6 Å². The predicted molar refractivity (Wildman–Crippen MR) is 97.2 cm³/mol. The highest BCUT2D eigenvalue weighted by Crippen LogP contribution is 2.34. The average Bonchev–Trinajstić information content (AvgIpc) is 3.17. The van der Waals surface area contributed by atoms with E-state index in [1.165, 1.54) is 0 Å². The summed E-state index contributed by atoms with van der Waals surface area (Å²) in [4.78, 5) is 30.5. The van der Waals surface area contributed by atoms with Crippen LogP contribution in [0, 0.1) is 19.8 Å². The Kier molecular flexibility index (Phi) is 5.06. The van der Waals surface area contributed by atoms with Gasteiger partial charge >= 0.3 is 0 Å². The van der Waals surface area contributed by atoms with Crippen molar-refractivity contribution in [3.8, 4) is 0 Å². The molecule has 2 amide bonds. The van der Waals surface area contributed by atoms with Gasteiger partial charge in [-0.1, -0.05) is 6.07 Å². The Morgan fingerprint density at radius 1 is 1.23 bits per heavy atom. The Bertz CT molecular complexity index is 829. The number of nitrogens with two attached hydrogens (primary N) is 1. The molecule has 0 aliphatic carbocycles. The van der Waals surface area contributed by atoms with E-state index in [9.17, 15) is 9.59 Å². The molecule has 2 N–H and O–H groups in total. The summed E-state index contributed by atoms with van der Waals surface area (Å²) in [5.41, 5.74) is 9.74. The second-order valence-corrected chi connectivity index (χ2v) is 7.09. The molecular formula is C19H25N5O2. The normalized spacial score (nSPS) is 19.7. The van der Waals surface area contributed by atoms with Crippen molar-refractivity contribution in [3.63, 3.8) is 0 Å². The first-order valence-electron chi connectivity index (χ1n) is 8.83. The summed E-state index contributed by atoms with van der Waals surface area (Å²) in [5.74, 6) is -0.786. The molecule has 7 nitrogen and oxygen atoms in total. The number of rotatable bonds is 5. The van der Waals surface area contributed by atoms with E-state index in [4.69, 9.17) is 5.73 Å². The molecule has 3 heterocycles. The first-order valence-corrected chi connectivity index (χ1v) is 8.83. The number of hydrogen-bond acceptors (Lipinski definition) is 4. The fraction of sp³-hybridized carbons (Fsp3) is 0.474. The lowest BCUT2D eigenvalue weighted by Crippen LogP contribution is -2.32. The van der Waals surface area contributed by atoms with Crippen LogP contribution in [0.5, 0.6) is 0 Å². The van der Waals surface area contributed by atoms with E-state index in [2.05, 4.69) is 10.1 Å². The highest BCUT2D eigenvalue weighted by molar-refractivity contribution is 5.82. The molecule has 0 unspecified atom stereocenters. The summed E-state index contributed by atoms with van der Waals surface area (Å²) in [7, 11) is 1.87. The molecule has 138 valence electrons. The molecule has 0 bridgehead atoms. The molecule has 1 saturated heterocycles. The third-order valence-electron chi connectivity index (χ3n) is 5.27. The molecule has 2 aromatic heterocycles. The Morgan fingerprint density at radius 3 is 2.62 bits per heavy atom. The Balaban J connectivity index is 1.70. The smallest absolute Gasteiger partial charge is 0.223 e. The molecule has 0 radical (unpaired) electrons. The maximum Gasteiger partial charge on any atom is 0.223 e. The molecule has 7 heteroatoms. The quantitative estimate of drug-likeness (QED) is 0.869. The molecule has 26 heavy (non-hydrogen) atoms. The lowest BCUT2D eigenvalue weighted by molar-refractivity contribution is -0.130. The van der Waals surface area contributed by atoms with Crippen molar-refractivity contribution >= 4 is 11.8 Å². The van der Waals surface area contributed by atoms with Crippen molar-refractivity contribution in [2.75, 3.05) is 13.1 Å². The third-order valence-corrected chi connectivity index (χ3v) is 5.27.